The highest BCUT2D eigenvalue weighted by atomic mass is 16.3. The van der Waals surface area contributed by atoms with E-state index in [4.69, 9.17) is 0 Å². The van der Waals surface area contributed by atoms with Crippen molar-refractivity contribution in [1.29, 1.82) is 0 Å². The average molecular weight is 289 g/mol. The molecule has 0 unspecified atom stereocenters. The first-order valence-corrected chi connectivity index (χ1v) is 7.54. The zero-order valence-corrected chi connectivity index (χ0v) is 12.9. The number of carbonyl (C=O) groups excluding carboxylic acids is 2. The summed E-state index contributed by atoms with van der Waals surface area (Å²) in [7, 11) is 0. The van der Waals surface area contributed by atoms with Crippen molar-refractivity contribution in [3.63, 3.8) is 0 Å². The summed E-state index contributed by atoms with van der Waals surface area (Å²) in [5.41, 5.74) is 1.25. The number of carbonyl (C=O) groups is 2. The number of aliphatic hydroxyl groups is 1. The van der Waals surface area contributed by atoms with Gasteiger partial charge in [-0.15, -0.1) is 0 Å². The first-order chi connectivity index (χ1) is 9.94. The third-order valence-corrected chi connectivity index (χ3v) is 4.48. The molecule has 4 heteroatoms. The number of benzene rings is 1. The number of hydrogen-bond donors (Lipinski definition) is 1. The van der Waals surface area contributed by atoms with Crippen LogP contribution in [0.5, 0.6) is 0 Å². The van der Waals surface area contributed by atoms with Crippen molar-refractivity contribution in [1.82, 2.24) is 4.90 Å². The molecule has 0 bridgehead atoms. The highest BCUT2D eigenvalue weighted by Crippen LogP contribution is 2.39. The van der Waals surface area contributed by atoms with Gasteiger partial charge in [-0.3, -0.25) is 14.5 Å². The van der Waals surface area contributed by atoms with Crippen molar-refractivity contribution in [3.8, 4) is 0 Å². The van der Waals surface area contributed by atoms with Crippen LogP contribution >= 0.6 is 0 Å². The summed E-state index contributed by atoms with van der Waals surface area (Å²) in [6, 6.07) is 7.80. The number of rotatable bonds is 5. The number of hydrogen-bond acceptors (Lipinski definition) is 3. The lowest BCUT2D eigenvalue weighted by Gasteiger charge is -2.26. The quantitative estimate of drug-likeness (QED) is 0.845. The molecular weight excluding hydrogens is 266 g/mol. The summed E-state index contributed by atoms with van der Waals surface area (Å²) < 4.78 is 0. The van der Waals surface area contributed by atoms with Crippen LogP contribution in [0.15, 0.2) is 24.3 Å². The summed E-state index contributed by atoms with van der Waals surface area (Å²) >= 11 is 0. The Kier molecular flexibility index (Phi) is 4.47. The van der Waals surface area contributed by atoms with Gasteiger partial charge < -0.3 is 5.11 Å². The number of nitrogens with zero attached hydrogens (tertiary/aromatic N) is 1. The van der Waals surface area contributed by atoms with Gasteiger partial charge in [0.15, 0.2) is 0 Å². The number of imide groups is 1. The van der Waals surface area contributed by atoms with E-state index in [0.717, 1.165) is 11.1 Å². The molecule has 1 fully saturated rings. The number of β-amino-alcohol motifs (C(OH)–C–C–N with tert-alkyl or cyclic N) is 1. The molecule has 21 heavy (non-hydrogen) atoms. The molecule has 2 rings (SSSR count). The van der Waals surface area contributed by atoms with Gasteiger partial charge in [-0.05, 0) is 25.3 Å². The Morgan fingerprint density at radius 2 is 1.86 bits per heavy atom. The summed E-state index contributed by atoms with van der Waals surface area (Å²) in [6.07, 6.45) is 0.658. The van der Waals surface area contributed by atoms with Crippen LogP contribution in [0.2, 0.25) is 0 Å². The standard InChI is InChI=1S/C17H23NO3/c1-4-14(19)11-18-15(20)10-17(5-2,16(18)21)13-8-6-12(3)7-9-13/h6-9,14,19H,4-5,10-11H2,1-3H3/t14-,17-/m0/s1. The minimum absolute atomic E-state index is 0.0990. The van der Waals surface area contributed by atoms with Crippen LogP contribution in [0, 0.1) is 6.92 Å². The molecule has 1 aromatic rings. The van der Waals surface area contributed by atoms with E-state index in [1.165, 1.54) is 4.90 Å². The molecule has 1 aliphatic rings. The van der Waals surface area contributed by atoms with E-state index < -0.39 is 11.5 Å². The van der Waals surface area contributed by atoms with Gasteiger partial charge in [0.05, 0.1) is 18.1 Å². The predicted molar refractivity (Wildman–Crippen MR) is 80.8 cm³/mol. The second kappa shape index (κ2) is 5.98. The van der Waals surface area contributed by atoms with Crippen molar-refractivity contribution < 1.29 is 14.7 Å². The fourth-order valence-corrected chi connectivity index (χ4v) is 2.90. The summed E-state index contributed by atoms with van der Waals surface area (Å²) in [5.74, 6) is -0.360. The third kappa shape index (κ3) is 2.72. The number of amides is 2. The summed E-state index contributed by atoms with van der Waals surface area (Å²) in [6.45, 7) is 5.86. The van der Waals surface area contributed by atoms with Crippen LogP contribution in [-0.2, 0) is 15.0 Å². The fourth-order valence-electron chi connectivity index (χ4n) is 2.90. The summed E-state index contributed by atoms with van der Waals surface area (Å²) in [5, 5.41) is 9.76. The average Bonchev–Trinajstić information content (AvgIpc) is 2.73. The maximum Gasteiger partial charge on any atom is 0.240 e. The van der Waals surface area contributed by atoms with Gasteiger partial charge in [-0.2, -0.15) is 0 Å². The Hall–Kier alpha value is -1.68. The lowest BCUT2D eigenvalue weighted by molar-refractivity contribution is -0.141. The van der Waals surface area contributed by atoms with Crippen molar-refractivity contribution >= 4 is 11.8 Å². The third-order valence-electron chi connectivity index (χ3n) is 4.48. The van der Waals surface area contributed by atoms with E-state index in [-0.39, 0.29) is 24.8 Å². The van der Waals surface area contributed by atoms with Crippen LogP contribution in [0.4, 0.5) is 0 Å². The Balaban J connectivity index is 2.35. The lowest BCUT2D eigenvalue weighted by atomic mass is 9.76. The Morgan fingerprint density at radius 3 is 2.38 bits per heavy atom. The van der Waals surface area contributed by atoms with Gasteiger partial charge in [-0.1, -0.05) is 43.7 Å². The van der Waals surface area contributed by atoms with Gasteiger partial charge in [0.25, 0.3) is 0 Å². The van der Waals surface area contributed by atoms with Gasteiger partial charge in [0, 0.05) is 6.42 Å². The van der Waals surface area contributed by atoms with E-state index in [0.29, 0.717) is 12.8 Å². The molecule has 1 aromatic carbocycles. The first-order valence-electron chi connectivity index (χ1n) is 7.54. The van der Waals surface area contributed by atoms with Crippen molar-refractivity contribution in [2.45, 2.75) is 51.6 Å². The topological polar surface area (TPSA) is 57.6 Å². The molecule has 1 heterocycles. The van der Waals surface area contributed by atoms with Crippen LogP contribution in [0.1, 0.15) is 44.2 Å². The molecule has 1 N–H and O–H groups in total. The van der Waals surface area contributed by atoms with Crippen LogP contribution in [0.3, 0.4) is 0 Å². The molecule has 0 aliphatic carbocycles. The zero-order valence-electron chi connectivity index (χ0n) is 12.9. The highest BCUT2D eigenvalue weighted by Gasteiger charge is 2.51. The number of aryl methyl sites for hydroxylation is 1. The summed E-state index contributed by atoms with van der Waals surface area (Å²) in [4.78, 5) is 26.3. The Bertz CT molecular complexity index is 537. The van der Waals surface area contributed by atoms with E-state index in [2.05, 4.69) is 0 Å². The molecule has 0 aromatic heterocycles. The van der Waals surface area contributed by atoms with Gasteiger partial charge >= 0.3 is 0 Å². The molecule has 1 aliphatic heterocycles. The van der Waals surface area contributed by atoms with Crippen molar-refractivity contribution in [3.05, 3.63) is 35.4 Å². The normalized spacial score (nSPS) is 23.7. The van der Waals surface area contributed by atoms with E-state index >= 15 is 0 Å². The number of likely N-dealkylation sites (tertiary alicyclic amines) is 1. The van der Waals surface area contributed by atoms with E-state index in [1.54, 1.807) is 0 Å². The maximum atomic E-state index is 12.8. The zero-order chi connectivity index (χ0) is 15.6. The number of aliphatic hydroxyl groups excluding tert-OH is 1. The monoisotopic (exact) mass is 289 g/mol. The first kappa shape index (κ1) is 15.7. The molecule has 2 amide bonds. The molecule has 114 valence electrons. The molecule has 1 saturated heterocycles. The van der Waals surface area contributed by atoms with Gasteiger partial charge in [-0.25, -0.2) is 0 Å². The largest absolute Gasteiger partial charge is 0.391 e. The molecule has 0 spiro atoms. The molecule has 2 atom stereocenters. The van der Waals surface area contributed by atoms with Gasteiger partial charge in [0.2, 0.25) is 11.8 Å². The van der Waals surface area contributed by atoms with Crippen LogP contribution < -0.4 is 0 Å². The van der Waals surface area contributed by atoms with Crippen molar-refractivity contribution in [2.75, 3.05) is 6.54 Å². The van der Waals surface area contributed by atoms with Crippen molar-refractivity contribution in [2.24, 2.45) is 0 Å². The molecular formula is C17H23NO3. The minimum Gasteiger partial charge on any atom is -0.391 e. The second-order valence-corrected chi connectivity index (χ2v) is 5.85. The van der Waals surface area contributed by atoms with E-state index in [1.807, 2.05) is 45.0 Å². The second-order valence-electron chi connectivity index (χ2n) is 5.85. The van der Waals surface area contributed by atoms with Crippen LogP contribution in [0.25, 0.3) is 0 Å². The Labute approximate surface area is 125 Å². The Morgan fingerprint density at radius 1 is 1.24 bits per heavy atom. The van der Waals surface area contributed by atoms with Crippen LogP contribution in [-0.4, -0.2) is 34.5 Å². The SMILES string of the molecule is CC[C@H](O)CN1C(=O)C[C@@](CC)(c2ccc(C)cc2)C1=O. The molecule has 0 radical (unpaired) electrons. The minimum atomic E-state index is -0.766. The molecule has 0 saturated carbocycles. The fraction of sp³-hybridized carbons (Fsp3) is 0.529. The van der Waals surface area contributed by atoms with E-state index in [9.17, 15) is 14.7 Å². The predicted octanol–water partition coefficient (Wildman–Crippen LogP) is 2.17. The smallest absolute Gasteiger partial charge is 0.240 e. The van der Waals surface area contributed by atoms with Gasteiger partial charge in [0.1, 0.15) is 0 Å². The lowest BCUT2D eigenvalue weighted by Crippen LogP contribution is -2.41. The highest BCUT2D eigenvalue weighted by molar-refractivity contribution is 6.09. The molecule has 4 nitrogen and oxygen atoms in total. The maximum absolute atomic E-state index is 12.8.